The minimum atomic E-state index is -0.330. The normalized spacial score (nSPS) is 14.4. The van der Waals surface area contributed by atoms with Crippen LogP contribution in [0.25, 0.3) is 10.9 Å². The molecule has 0 fully saturated rings. The second kappa shape index (κ2) is 4.69. The third-order valence-corrected chi connectivity index (χ3v) is 3.26. The van der Waals surface area contributed by atoms with Crippen molar-refractivity contribution in [2.24, 2.45) is 0 Å². The average Bonchev–Trinajstić information content (AvgIpc) is 2.47. The van der Waals surface area contributed by atoms with Crippen molar-refractivity contribution < 1.29 is 4.79 Å². The average molecular weight is 251 g/mol. The van der Waals surface area contributed by atoms with Gasteiger partial charge in [-0.1, -0.05) is 36.4 Å². The zero-order valence-electron chi connectivity index (χ0n) is 10.3. The van der Waals surface area contributed by atoms with E-state index in [1.165, 1.54) is 0 Å². The maximum atomic E-state index is 12.3. The minimum absolute atomic E-state index is 0.205. The number of aromatic nitrogens is 1. The molecule has 0 bridgehead atoms. The van der Waals surface area contributed by atoms with Crippen molar-refractivity contribution in [1.82, 2.24) is 4.98 Å². The number of pyridine rings is 1. The summed E-state index contributed by atoms with van der Waals surface area (Å²) in [5.41, 5.74) is 1.23. The van der Waals surface area contributed by atoms with Crippen LogP contribution in [0.15, 0.2) is 58.9 Å². The molecule has 0 aliphatic heterocycles. The lowest BCUT2D eigenvalue weighted by Gasteiger charge is -2.06. The standard InChI is InChI=1S/C16H13NO2/c18-15(11-6-2-1-3-7-11)13-10-12-8-4-5-9-14(12)17-16(13)19/h2,4-10H,1,3H2,(H,17,19). The molecular formula is C16H13NO2. The summed E-state index contributed by atoms with van der Waals surface area (Å²) in [4.78, 5) is 27.1. The number of hydrogen-bond acceptors (Lipinski definition) is 2. The van der Waals surface area contributed by atoms with E-state index < -0.39 is 0 Å². The molecule has 1 aromatic heterocycles. The van der Waals surface area contributed by atoms with E-state index in [0.717, 1.165) is 23.7 Å². The summed E-state index contributed by atoms with van der Waals surface area (Å²) >= 11 is 0. The van der Waals surface area contributed by atoms with Crippen LogP contribution in [-0.2, 0) is 0 Å². The molecule has 2 aromatic rings. The van der Waals surface area contributed by atoms with Crippen LogP contribution >= 0.6 is 0 Å². The first kappa shape index (κ1) is 11.7. The number of rotatable bonds is 2. The highest BCUT2D eigenvalue weighted by molar-refractivity contribution is 6.11. The van der Waals surface area contributed by atoms with E-state index in [4.69, 9.17) is 0 Å². The molecule has 1 N–H and O–H groups in total. The van der Waals surface area contributed by atoms with Gasteiger partial charge in [0.1, 0.15) is 0 Å². The molecule has 94 valence electrons. The monoisotopic (exact) mass is 251 g/mol. The Labute approximate surface area is 110 Å². The van der Waals surface area contributed by atoms with Gasteiger partial charge < -0.3 is 4.98 Å². The Kier molecular flexibility index (Phi) is 2.88. The van der Waals surface area contributed by atoms with Crippen molar-refractivity contribution in [3.8, 4) is 0 Å². The van der Waals surface area contributed by atoms with Gasteiger partial charge in [0.2, 0.25) is 0 Å². The van der Waals surface area contributed by atoms with Crippen LogP contribution in [0.5, 0.6) is 0 Å². The lowest BCUT2D eigenvalue weighted by molar-refractivity contribution is 0.103. The van der Waals surface area contributed by atoms with Gasteiger partial charge in [0.25, 0.3) is 5.56 Å². The Bertz CT molecular complexity index is 766. The molecule has 0 saturated carbocycles. The van der Waals surface area contributed by atoms with Gasteiger partial charge in [-0.05, 0) is 30.4 Å². The fraction of sp³-hybridized carbons (Fsp3) is 0.125. The molecule has 0 atom stereocenters. The molecule has 1 heterocycles. The molecule has 1 aliphatic carbocycles. The van der Waals surface area contributed by atoms with Crippen molar-refractivity contribution in [3.05, 3.63) is 70.1 Å². The molecule has 0 unspecified atom stereocenters. The lowest BCUT2D eigenvalue weighted by atomic mass is 9.98. The van der Waals surface area contributed by atoms with Crippen molar-refractivity contribution in [2.75, 3.05) is 0 Å². The summed E-state index contributed by atoms with van der Waals surface area (Å²) in [6.07, 6.45) is 7.44. The van der Waals surface area contributed by atoms with E-state index in [1.807, 2.05) is 36.4 Å². The first-order valence-electron chi connectivity index (χ1n) is 6.29. The van der Waals surface area contributed by atoms with Crippen LogP contribution in [0.4, 0.5) is 0 Å². The van der Waals surface area contributed by atoms with Gasteiger partial charge >= 0.3 is 0 Å². The van der Waals surface area contributed by atoms with Gasteiger partial charge in [0.05, 0.1) is 5.56 Å². The second-order valence-corrected chi connectivity index (χ2v) is 4.57. The smallest absolute Gasteiger partial charge is 0.259 e. The Hall–Kier alpha value is -2.42. The molecule has 19 heavy (non-hydrogen) atoms. The number of carbonyl (C=O) groups excluding carboxylic acids is 1. The number of ketones is 1. The predicted octanol–water partition coefficient (Wildman–Crippen LogP) is 2.99. The number of hydrogen-bond donors (Lipinski definition) is 1. The number of carbonyl (C=O) groups is 1. The van der Waals surface area contributed by atoms with Crippen LogP contribution in [0.3, 0.4) is 0 Å². The van der Waals surface area contributed by atoms with Gasteiger partial charge in [-0.25, -0.2) is 0 Å². The maximum absolute atomic E-state index is 12.3. The summed E-state index contributed by atoms with van der Waals surface area (Å²) in [5, 5.41) is 0.867. The van der Waals surface area contributed by atoms with Crippen molar-refractivity contribution in [1.29, 1.82) is 0 Å². The number of aromatic amines is 1. The fourth-order valence-electron chi connectivity index (χ4n) is 2.25. The number of Topliss-reactive ketones (excluding diaryl/α,β-unsaturated/α-hetero) is 1. The highest BCUT2D eigenvalue weighted by Crippen LogP contribution is 2.16. The number of allylic oxidation sites excluding steroid dienone is 4. The first-order valence-corrected chi connectivity index (χ1v) is 6.29. The zero-order chi connectivity index (χ0) is 13.2. The summed E-state index contributed by atoms with van der Waals surface area (Å²) in [5.74, 6) is -0.206. The number of fused-ring (bicyclic) bond motifs is 1. The summed E-state index contributed by atoms with van der Waals surface area (Å²) in [7, 11) is 0. The van der Waals surface area contributed by atoms with E-state index in [2.05, 4.69) is 4.98 Å². The first-order chi connectivity index (χ1) is 9.25. The van der Waals surface area contributed by atoms with E-state index >= 15 is 0 Å². The summed E-state index contributed by atoms with van der Waals surface area (Å²) < 4.78 is 0. The minimum Gasteiger partial charge on any atom is -0.321 e. The Morgan fingerprint density at radius 3 is 2.79 bits per heavy atom. The number of para-hydroxylation sites is 1. The van der Waals surface area contributed by atoms with Gasteiger partial charge in [-0.2, -0.15) is 0 Å². The van der Waals surface area contributed by atoms with Crippen LogP contribution in [0, 0.1) is 0 Å². The Balaban J connectivity index is 2.12. The SMILES string of the molecule is O=C(C1=CCCC=C1)c1cc2ccccc2[nH]c1=O. The quantitative estimate of drug-likeness (QED) is 0.834. The molecule has 0 spiro atoms. The Morgan fingerprint density at radius 1 is 1.16 bits per heavy atom. The zero-order valence-corrected chi connectivity index (χ0v) is 10.3. The number of H-pyrrole nitrogens is 1. The molecule has 0 radical (unpaired) electrons. The highest BCUT2D eigenvalue weighted by atomic mass is 16.1. The summed E-state index contributed by atoms with van der Waals surface area (Å²) in [6, 6.07) is 9.11. The summed E-state index contributed by atoms with van der Waals surface area (Å²) in [6.45, 7) is 0. The Morgan fingerprint density at radius 2 is 2.00 bits per heavy atom. The van der Waals surface area contributed by atoms with Crippen LogP contribution < -0.4 is 5.56 Å². The molecule has 3 nitrogen and oxygen atoms in total. The van der Waals surface area contributed by atoms with Crippen LogP contribution in [0.1, 0.15) is 23.2 Å². The third kappa shape index (κ3) is 2.15. The topological polar surface area (TPSA) is 49.9 Å². The van der Waals surface area contributed by atoms with Crippen molar-refractivity contribution in [3.63, 3.8) is 0 Å². The largest absolute Gasteiger partial charge is 0.321 e. The van der Waals surface area contributed by atoms with Gasteiger partial charge in [-0.3, -0.25) is 9.59 Å². The third-order valence-electron chi connectivity index (χ3n) is 3.26. The fourth-order valence-corrected chi connectivity index (χ4v) is 2.25. The molecule has 3 heteroatoms. The number of nitrogens with one attached hydrogen (secondary N) is 1. The van der Waals surface area contributed by atoms with Crippen LogP contribution in [-0.4, -0.2) is 10.8 Å². The number of benzene rings is 1. The molecule has 0 amide bonds. The van der Waals surface area contributed by atoms with E-state index in [0.29, 0.717) is 5.57 Å². The molecule has 1 aromatic carbocycles. The van der Waals surface area contributed by atoms with E-state index in [1.54, 1.807) is 12.1 Å². The van der Waals surface area contributed by atoms with E-state index in [-0.39, 0.29) is 16.9 Å². The van der Waals surface area contributed by atoms with E-state index in [9.17, 15) is 9.59 Å². The highest BCUT2D eigenvalue weighted by Gasteiger charge is 2.15. The van der Waals surface area contributed by atoms with Gasteiger partial charge in [0.15, 0.2) is 5.78 Å². The molecule has 3 rings (SSSR count). The molecule has 0 saturated heterocycles. The van der Waals surface area contributed by atoms with Gasteiger partial charge in [-0.15, -0.1) is 0 Å². The second-order valence-electron chi connectivity index (χ2n) is 4.57. The van der Waals surface area contributed by atoms with Crippen molar-refractivity contribution in [2.45, 2.75) is 12.8 Å². The molecular weight excluding hydrogens is 238 g/mol. The maximum Gasteiger partial charge on any atom is 0.259 e. The van der Waals surface area contributed by atoms with Gasteiger partial charge in [0, 0.05) is 11.1 Å². The molecule has 1 aliphatic rings. The van der Waals surface area contributed by atoms with Crippen LogP contribution in [0.2, 0.25) is 0 Å². The predicted molar refractivity (Wildman–Crippen MR) is 75.4 cm³/mol. The van der Waals surface area contributed by atoms with Crippen molar-refractivity contribution >= 4 is 16.7 Å². The lowest BCUT2D eigenvalue weighted by Crippen LogP contribution is -2.18.